The van der Waals surface area contributed by atoms with Crippen LogP contribution in [0.25, 0.3) is 0 Å². The number of sulfonamides is 1. The number of ether oxygens (including phenoxy) is 1. The van der Waals surface area contributed by atoms with Crippen molar-refractivity contribution in [3.05, 3.63) is 18.3 Å². The zero-order chi connectivity index (χ0) is 18.7. The molecule has 1 atom stereocenters. The summed E-state index contributed by atoms with van der Waals surface area (Å²) in [6.45, 7) is 9.07. The van der Waals surface area contributed by atoms with Crippen LogP contribution in [0.2, 0.25) is 0 Å². The Kier molecular flexibility index (Phi) is 6.47. The van der Waals surface area contributed by atoms with Crippen LogP contribution < -0.4 is 5.32 Å². The summed E-state index contributed by atoms with van der Waals surface area (Å²) in [6.07, 6.45) is 1.35. The molecule has 0 saturated carbocycles. The third kappa shape index (κ3) is 5.67. The standard InChI is InChI=1S/C16H25N3O4S2/c1-12(15(20)18-16(2,3)4)24-14-6-5-13(11-17-14)25(21,22)19-7-9-23-10-8-19/h5-6,11-12H,7-10H2,1-4H3,(H,18,20)/t12-/m0/s1. The van der Waals surface area contributed by atoms with Gasteiger partial charge in [-0.2, -0.15) is 4.31 Å². The van der Waals surface area contributed by atoms with Crippen LogP contribution in [0.3, 0.4) is 0 Å². The quantitative estimate of drug-likeness (QED) is 0.770. The summed E-state index contributed by atoms with van der Waals surface area (Å²) < 4.78 is 31.7. The SMILES string of the molecule is C[C@H](Sc1ccc(S(=O)(=O)N2CCOCC2)cn1)C(=O)NC(C)(C)C. The number of pyridine rings is 1. The summed E-state index contributed by atoms with van der Waals surface area (Å²) in [5.74, 6) is -0.0793. The summed E-state index contributed by atoms with van der Waals surface area (Å²) in [5.41, 5.74) is -0.296. The minimum atomic E-state index is -3.55. The van der Waals surface area contributed by atoms with Gasteiger partial charge in [-0.3, -0.25) is 4.79 Å². The van der Waals surface area contributed by atoms with Gasteiger partial charge in [0.15, 0.2) is 0 Å². The number of nitrogens with zero attached hydrogens (tertiary/aromatic N) is 2. The van der Waals surface area contributed by atoms with Gasteiger partial charge in [0.2, 0.25) is 15.9 Å². The Morgan fingerprint density at radius 2 is 1.96 bits per heavy atom. The number of hydrogen-bond donors (Lipinski definition) is 1. The highest BCUT2D eigenvalue weighted by Gasteiger charge is 2.27. The largest absolute Gasteiger partial charge is 0.379 e. The topological polar surface area (TPSA) is 88.6 Å². The molecule has 1 amide bonds. The third-order valence-electron chi connectivity index (χ3n) is 3.48. The Labute approximate surface area is 153 Å². The minimum Gasteiger partial charge on any atom is -0.379 e. The normalized spacial score (nSPS) is 17.9. The van der Waals surface area contributed by atoms with Gasteiger partial charge in [-0.05, 0) is 39.8 Å². The first-order valence-electron chi connectivity index (χ1n) is 8.12. The summed E-state index contributed by atoms with van der Waals surface area (Å²) >= 11 is 1.30. The van der Waals surface area contributed by atoms with Gasteiger partial charge in [-0.1, -0.05) is 11.8 Å². The van der Waals surface area contributed by atoms with E-state index in [0.717, 1.165) is 0 Å². The maximum Gasteiger partial charge on any atom is 0.244 e. The van der Waals surface area contributed by atoms with Crippen LogP contribution in [0.4, 0.5) is 0 Å². The molecule has 1 saturated heterocycles. The van der Waals surface area contributed by atoms with Gasteiger partial charge in [0.05, 0.1) is 23.5 Å². The average Bonchev–Trinajstić information content (AvgIpc) is 2.54. The highest BCUT2D eigenvalue weighted by molar-refractivity contribution is 8.00. The first-order chi connectivity index (χ1) is 11.6. The fourth-order valence-corrected chi connectivity index (χ4v) is 4.37. The molecule has 0 radical (unpaired) electrons. The first-order valence-corrected chi connectivity index (χ1v) is 10.4. The van der Waals surface area contributed by atoms with Gasteiger partial charge in [-0.25, -0.2) is 13.4 Å². The smallest absolute Gasteiger partial charge is 0.244 e. The molecule has 1 aromatic rings. The van der Waals surface area contributed by atoms with E-state index in [1.54, 1.807) is 13.0 Å². The predicted octanol–water partition coefficient (Wildman–Crippen LogP) is 1.50. The van der Waals surface area contributed by atoms with E-state index in [1.807, 2.05) is 20.8 Å². The van der Waals surface area contributed by atoms with Crippen LogP contribution in [0, 0.1) is 0 Å². The molecule has 2 heterocycles. The molecule has 0 aliphatic carbocycles. The van der Waals surface area contributed by atoms with Crippen LogP contribution in [-0.4, -0.2) is 60.7 Å². The molecule has 1 N–H and O–H groups in total. The molecule has 0 unspecified atom stereocenters. The molecule has 2 rings (SSSR count). The van der Waals surface area contributed by atoms with Crippen LogP contribution in [0.1, 0.15) is 27.7 Å². The van der Waals surface area contributed by atoms with E-state index in [0.29, 0.717) is 31.3 Å². The second kappa shape index (κ2) is 8.03. The molecule has 25 heavy (non-hydrogen) atoms. The highest BCUT2D eigenvalue weighted by atomic mass is 32.2. The van der Waals surface area contributed by atoms with Crippen molar-refractivity contribution in [2.75, 3.05) is 26.3 Å². The molecule has 0 bridgehead atoms. The Balaban J connectivity index is 2.03. The Morgan fingerprint density at radius 3 is 2.48 bits per heavy atom. The fraction of sp³-hybridized carbons (Fsp3) is 0.625. The molecule has 7 nitrogen and oxygen atoms in total. The van der Waals surface area contributed by atoms with Crippen molar-refractivity contribution >= 4 is 27.7 Å². The molecule has 1 aliphatic rings. The number of rotatable bonds is 5. The van der Waals surface area contributed by atoms with Gasteiger partial charge in [0.25, 0.3) is 0 Å². The maximum atomic E-state index is 12.5. The fourth-order valence-electron chi connectivity index (χ4n) is 2.23. The zero-order valence-electron chi connectivity index (χ0n) is 15.0. The number of nitrogens with one attached hydrogen (secondary N) is 1. The number of amides is 1. The highest BCUT2D eigenvalue weighted by Crippen LogP contribution is 2.24. The molecule has 1 aromatic heterocycles. The van der Waals surface area contributed by atoms with E-state index in [2.05, 4.69) is 10.3 Å². The van der Waals surface area contributed by atoms with Crippen molar-refractivity contribution in [1.29, 1.82) is 0 Å². The van der Waals surface area contributed by atoms with Gasteiger partial charge < -0.3 is 10.1 Å². The van der Waals surface area contributed by atoms with Gasteiger partial charge >= 0.3 is 0 Å². The van der Waals surface area contributed by atoms with Crippen molar-refractivity contribution in [1.82, 2.24) is 14.6 Å². The number of carbonyl (C=O) groups excluding carboxylic acids is 1. The molecule has 0 spiro atoms. The van der Waals surface area contributed by atoms with Crippen LogP contribution >= 0.6 is 11.8 Å². The van der Waals surface area contributed by atoms with E-state index in [4.69, 9.17) is 4.74 Å². The molecule has 0 aromatic carbocycles. The summed E-state index contributed by atoms with van der Waals surface area (Å²) in [7, 11) is -3.55. The van der Waals surface area contributed by atoms with Crippen molar-refractivity contribution in [3.63, 3.8) is 0 Å². The molecule has 9 heteroatoms. The lowest BCUT2D eigenvalue weighted by molar-refractivity contribution is -0.121. The van der Waals surface area contributed by atoms with Crippen LogP contribution in [0.15, 0.2) is 28.3 Å². The molecule has 1 aliphatic heterocycles. The first kappa shape index (κ1) is 20.2. The zero-order valence-corrected chi connectivity index (χ0v) is 16.6. The number of aromatic nitrogens is 1. The summed E-state index contributed by atoms with van der Waals surface area (Å²) in [4.78, 5) is 16.5. The number of hydrogen-bond acceptors (Lipinski definition) is 6. The second-order valence-electron chi connectivity index (χ2n) is 6.85. The number of carbonyl (C=O) groups is 1. The molecular weight excluding hydrogens is 362 g/mol. The van der Waals surface area contributed by atoms with Gasteiger partial charge in [-0.15, -0.1) is 0 Å². The van der Waals surface area contributed by atoms with E-state index >= 15 is 0 Å². The third-order valence-corrected chi connectivity index (χ3v) is 6.41. The lowest BCUT2D eigenvalue weighted by Crippen LogP contribution is -2.44. The number of morpholine rings is 1. The van der Waals surface area contributed by atoms with Gasteiger partial charge in [0, 0.05) is 24.8 Å². The Morgan fingerprint density at radius 1 is 1.32 bits per heavy atom. The van der Waals surface area contributed by atoms with Crippen molar-refractivity contribution < 1.29 is 17.9 Å². The van der Waals surface area contributed by atoms with Crippen molar-refractivity contribution in [3.8, 4) is 0 Å². The van der Waals surface area contributed by atoms with Crippen LogP contribution in [-0.2, 0) is 19.6 Å². The molecular formula is C16H25N3O4S2. The second-order valence-corrected chi connectivity index (χ2v) is 10.1. The number of thioether (sulfide) groups is 1. The van der Waals surface area contributed by atoms with Crippen molar-refractivity contribution in [2.45, 2.75) is 48.4 Å². The van der Waals surface area contributed by atoms with Crippen LogP contribution in [0.5, 0.6) is 0 Å². The average molecular weight is 388 g/mol. The Hall–Kier alpha value is -1.16. The molecule has 1 fully saturated rings. The minimum absolute atomic E-state index is 0.0793. The lowest BCUT2D eigenvalue weighted by Gasteiger charge is -2.26. The molecule has 140 valence electrons. The monoisotopic (exact) mass is 387 g/mol. The van der Waals surface area contributed by atoms with Crippen molar-refractivity contribution in [2.24, 2.45) is 0 Å². The maximum absolute atomic E-state index is 12.5. The lowest BCUT2D eigenvalue weighted by atomic mass is 10.1. The van der Waals surface area contributed by atoms with E-state index in [-0.39, 0.29) is 21.6 Å². The van der Waals surface area contributed by atoms with E-state index < -0.39 is 10.0 Å². The Bertz CT molecular complexity index is 693. The van der Waals surface area contributed by atoms with E-state index in [9.17, 15) is 13.2 Å². The van der Waals surface area contributed by atoms with Gasteiger partial charge in [0.1, 0.15) is 4.90 Å². The predicted molar refractivity (Wildman–Crippen MR) is 97.0 cm³/mol. The summed E-state index contributed by atoms with van der Waals surface area (Å²) in [5, 5.41) is 3.20. The van der Waals surface area contributed by atoms with E-state index in [1.165, 1.54) is 28.3 Å². The summed E-state index contributed by atoms with van der Waals surface area (Å²) in [6, 6.07) is 3.17.